The molecule has 1 aromatic carbocycles. The standard InChI is InChI=1S/C15H22ClN3O3S/c1-11-13(16)5-2-6-14(11)23(21,22)19-9-3-4-12(10-19)15(20)18-8-7-17/h2,5-6,12H,3-4,7-10,17H2,1H3,(H,18,20). The van der Waals surface area contributed by atoms with E-state index in [1.807, 2.05) is 0 Å². The van der Waals surface area contributed by atoms with Gasteiger partial charge in [0.1, 0.15) is 0 Å². The van der Waals surface area contributed by atoms with E-state index in [9.17, 15) is 13.2 Å². The van der Waals surface area contributed by atoms with Crippen LogP contribution in [-0.2, 0) is 14.8 Å². The molecular formula is C15H22ClN3O3S. The highest BCUT2D eigenvalue weighted by Gasteiger charge is 2.34. The summed E-state index contributed by atoms with van der Waals surface area (Å²) >= 11 is 6.04. The lowest BCUT2D eigenvalue weighted by molar-refractivity contribution is -0.126. The van der Waals surface area contributed by atoms with Crippen molar-refractivity contribution in [2.45, 2.75) is 24.7 Å². The van der Waals surface area contributed by atoms with Gasteiger partial charge in [0.2, 0.25) is 15.9 Å². The number of piperidine rings is 1. The van der Waals surface area contributed by atoms with Gasteiger partial charge in [0.15, 0.2) is 0 Å². The van der Waals surface area contributed by atoms with Crippen LogP contribution in [0.3, 0.4) is 0 Å². The van der Waals surface area contributed by atoms with Crippen LogP contribution in [0.25, 0.3) is 0 Å². The number of rotatable bonds is 5. The summed E-state index contributed by atoms with van der Waals surface area (Å²) in [5, 5.41) is 3.14. The van der Waals surface area contributed by atoms with Crippen molar-refractivity contribution in [3.05, 3.63) is 28.8 Å². The Morgan fingerprint density at radius 1 is 1.48 bits per heavy atom. The molecule has 0 aliphatic carbocycles. The molecule has 0 radical (unpaired) electrons. The van der Waals surface area contributed by atoms with Gasteiger partial charge in [-0.2, -0.15) is 4.31 Å². The van der Waals surface area contributed by atoms with Crippen LogP contribution in [0.1, 0.15) is 18.4 Å². The minimum absolute atomic E-state index is 0.141. The predicted molar refractivity (Wildman–Crippen MR) is 89.7 cm³/mol. The maximum Gasteiger partial charge on any atom is 0.243 e. The zero-order valence-corrected chi connectivity index (χ0v) is 14.7. The number of hydrogen-bond acceptors (Lipinski definition) is 4. The Hall–Kier alpha value is -1.15. The quantitative estimate of drug-likeness (QED) is 0.824. The topological polar surface area (TPSA) is 92.5 Å². The summed E-state index contributed by atoms with van der Waals surface area (Å²) in [7, 11) is -3.66. The predicted octanol–water partition coefficient (Wildman–Crippen LogP) is 1.12. The Bertz CT molecular complexity index is 679. The first-order chi connectivity index (χ1) is 10.9. The molecule has 1 atom stereocenters. The third-order valence-corrected chi connectivity index (χ3v) is 6.45. The van der Waals surface area contributed by atoms with Crippen molar-refractivity contribution < 1.29 is 13.2 Å². The second-order valence-electron chi connectivity index (χ2n) is 5.64. The molecule has 1 saturated heterocycles. The Morgan fingerprint density at radius 2 is 2.22 bits per heavy atom. The average molecular weight is 360 g/mol. The van der Waals surface area contributed by atoms with Crippen LogP contribution in [0.15, 0.2) is 23.1 Å². The van der Waals surface area contributed by atoms with E-state index in [-0.39, 0.29) is 23.3 Å². The van der Waals surface area contributed by atoms with Crippen molar-refractivity contribution in [1.82, 2.24) is 9.62 Å². The van der Waals surface area contributed by atoms with Crippen molar-refractivity contribution in [3.63, 3.8) is 0 Å². The normalized spacial score (nSPS) is 19.5. The lowest BCUT2D eigenvalue weighted by Crippen LogP contribution is -2.46. The summed E-state index contributed by atoms with van der Waals surface area (Å²) in [5.41, 5.74) is 5.91. The molecule has 8 heteroatoms. The van der Waals surface area contributed by atoms with Crippen molar-refractivity contribution in [2.24, 2.45) is 11.7 Å². The first-order valence-electron chi connectivity index (χ1n) is 7.61. The lowest BCUT2D eigenvalue weighted by atomic mass is 9.99. The summed E-state index contributed by atoms with van der Waals surface area (Å²) in [6.07, 6.45) is 1.33. The number of nitrogens with one attached hydrogen (secondary N) is 1. The number of carbonyl (C=O) groups is 1. The second-order valence-corrected chi connectivity index (χ2v) is 7.96. The molecule has 1 aliphatic heterocycles. The van der Waals surface area contributed by atoms with E-state index in [0.717, 1.165) is 0 Å². The number of carbonyl (C=O) groups excluding carboxylic acids is 1. The number of nitrogens with zero attached hydrogens (tertiary/aromatic N) is 1. The van der Waals surface area contributed by atoms with Crippen LogP contribution in [0.5, 0.6) is 0 Å². The molecular weight excluding hydrogens is 338 g/mol. The molecule has 1 amide bonds. The van der Waals surface area contributed by atoms with Gasteiger partial charge in [0, 0.05) is 31.2 Å². The summed E-state index contributed by atoms with van der Waals surface area (Å²) in [5.74, 6) is -0.484. The first kappa shape index (κ1) is 18.2. The van der Waals surface area contributed by atoms with Gasteiger partial charge in [-0.1, -0.05) is 17.7 Å². The van der Waals surface area contributed by atoms with Gasteiger partial charge in [0.05, 0.1) is 10.8 Å². The minimum Gasteiger partial charge on any atom is -0.355 e. The van der Waals surface area contributed by atoms with Gasteiger partial charge >= 0.3 is 0 Å². The van der Waals surface area contributed by atoms with Gasteiger partial charge in [-0.05, 0) is 37.5 Å². The number of hydrogen-bond donors (Lipinski definition) is 2. The average Bonchev–Trinajstić information content (AvgIpc) is 2.55. The fourth-order valence-electron chi connectivity index (χ4n) is 2.72. The molecule has 0 spiro atoms. The Balaban J connectivity index is 2.20. The molecule has 6 nitrogen and oxygen atoms in total. The Labute approximate surface area is 142 Å². The number of amides is 1. The highest BCUT2D eigenvalue weighted by Crippen LogP contribution is 2.28. The zero-order chi connectivity index (χ0) is 17.0. The summed E-state index contributed by atoms with van der Waals surface area (Å²) in [4.78, 5) is 12.3. The smallest absolute Gasteiger partial charge is 0.243 e. The fourth-order valence-corrected chi connectivity index (χ4v) is 4.72. The van der Waals surface area contributed by atoms with E-state index in [1.54, 1.807) is 25.1 Å². The van der Waals surface area contributed by atoms with Crippen molar-refractivity contribution in [3.8, 4) is 0 Å². The fraction of sp³-hybridized carbons (Fsp3) is 0.533. The molecule has 0 saturated carbocycles. The molecule has 1 heterocycles. The largest absolute Gasteiger partial charge is 0.355 e. The van der Waals surface area contributed by atoms with E-state index in [1.165, 1.54) is 4.31 Å². The third-order valence-electron chi connectivity index (χ3n) is 4.03. The number of benzene rings is 1. The maximum absolute atomic E-state index is 12.9. The molecule has 3 N–H and O–H groups in total. The summed E-state index contributed by atoms with van der Waals surface area (Å²) in [6, 6.07) is 4.83. The van der Waals surface area contributed by atoms with Gasteiger partial charge < -0.3 is 11.1 Å². The molecule has 1 unspecified atom stereocenters. The van der Waals surface area contributed by atoms with Crippen LogP contribution in [-0.4, -0.2) is 44.8 Å². The highest BCUT2D eigenvalue weighted by atomic mass is 35.5. The maximum atomic E-state index is 12.9. The van der Waals surface area contributed by atoms with Crippen molar-refractivity contribution in [1.29, 1.82) is 0 Å². The molecule has 2 rings (SSSR count). The Morgan fingerprint density at radius 3 is 2.91 bits per heavy atom. The Kier molecular flexibility index (Phi) is 6.02. The molecule has 1 aromatic rings. The molecule has 0 aromatic heterocycles. The first-order valence-corrected chi connectivity index (χ1v) is 9.42. The van der Waals surface area contributed by atoms with E-state index in [4.69, 9.17) is 17.3 Å². The van der Waals surface area contributed by atoms with E-state index < -0.39 is 10.0 Å². The van der Waals surface area contributed by atoms with Crippen LogP contribution in [0.4, 0.5) is 0 Å². The number of halogens is 1. The number of nitrogens with two attached hydrogens (primary N) is 1. The van der Waals surface area contributed by atoms with E-state index >= 15 is 0 Å². The third kappa shape index (κ3) is 4.03. The number of sulfonamides is 1. The summed E-state index contributed by atoms with van der Waals surface area (Å²) in [6.45, 7) is 3.04. The highest BCUT2D eigenvalue weighted by molar-refractivity contribution is 7.89. The van der Waals surface area contributed by atoms with Gasteiger partial charge in [-0.15, -0.1) is 0 Å². The van der Waals surface area contributed by atoms with Crippen LogP contribution in [0, 0.1) is 12.8 Å². The zero-order valence-electron chi connectivity index (χ0n) is 13.1. The lowest BCUT2D eigenvalue weighted by Gasteiger charge is -2.31. The van der Waals surface area contributed by atoms with Crippen LogP contribution >= 0.6 is 11.6 Å². The van der Waals surface area contributed by atoms with Crippen molar-refractivity contribution >= 4 is 27.5 Å². The van der Waals surface area contributed by atoms with Crippen LogP contribution < -0.4 is 11.1 Å². The van der Waals surface area contributed by atoms with E-state index in [0.29, 0.717) is 43.1 Å². The molecule has 23 heavy (non-hydrogen) atoms. The second kappa shape index (κ2) is 7.61. The minimum atomic E-state index is -3.66. The molecule has 1 aliphatic rings. The van der Waals surface area contributed by atoms with E-state index in [2.05, 4.69) is 5.32 Å². The van der Waals surface area contributed by atoms with Gasteiger partial charge in [-0.25, -0.2) is 8.42 Å². The molecule has 1 fully saturated rings. The van der Waals surface area contributed by atoms with Gasteiger partial charge in [-0.3, -0.25) is 4.79 Å². The molecule has 0 bridgehead atoms. The molecule has 128 valence electrons. The van der Waals surface area contributed by atoms with Crippen molar-refractivity contribution in [2.75, 3.05) is 26.2 Å². The van der Waals surface area contributed by atoms with Gasteiger partial charge in [0.25, 0.3) is 0 Å². The van der Waals surface area contributed by atoms with Crippen LogP contribution in [0.2, 0.25) is 5.02 Å². The summed E-state index contributed by atoms with van der Waals surface area (Å²) < 4.78 is 27.1. The monoisotopic (exact) mass is 359 g/mol. The SMILES string of the molecule is Cc1c(Cl)cccc1S(=O)(=O)N1CCCC(C(=O)NCCN)C1.